The molecule has 4 nitrogen and oxygen atoms in total. The Kier molecular flexibility index (Phi) is 3.13. The maximum absolute atomic E-state index is 4.36. The van der Waals surface area contributed by atoms with Gasteiger partial charge in [0.2, 0.25) is 0 Å². The highest BCUT2D eigenvalue weighted by Crippen LogP contribution is 2.29. The molecule has 94 valence electrons. The molecule has 0 spiro atoms. The topological polar surface area (TPSA) is 43.6 Å². The summed E-state index contributed by atoms with van der Waals surface area (Å²) in [5.74, 6) is 0.711. The number of hydrogen-bond acceptors (Lipinski definition) is 3. The standard InChI is InChI=1S/C14H11BrN4/c1-19-9-10(6-18-19)12-4-2-3-5-13(12)14-16-7-11(15)8-17-14/h2-9H,1H3. The molecule has 1 aromatic carbocycles. The van der Waals surface area contributed by atoms with E-state index in [4.69, 9.17) is 0 Å². The highest BCUT2D eigenvalue weighted by Gasteiger charge is 2.10. The molecule has 5 heteroatoms. The van der Waals surface area contributed by atoms with Gasteiger partial charge in [0.1, 0.15) is 0 Å². The summed E-state index contributed by atoms with van der Waals surface area (Å²) in [5.41, 5.74) is 3.14. The lowest BCUT2D eigenvalue weighted by Crippen LogP contribution is -1.90. The van der Waals surface area contributed by atoms with Crippen LogP contribution < -0.4 is 0 Å². The van der Waals surface area contributed by atoms with E-state index in [1.54, 1.807) is 17.1 Å². The predicted octanol–water partition coefficient (Wildman–Crippen LogP) is 3.31. The minimum Gasteiger partial charge on any atom is -0.275 e. The van der Waals surface area contributed by atoms with Crippen LogP contribution in [0.3, 0.4) is 0 Å². The van der Waals surface area contributed by atoms with Gasteiger partial charge in [-0.05, 0) is 21.5 Å². The third-order valence-corrected chi connectivity index (χ3v) is 3.21. The third kappa shape index (κ3) is 2.42. The second kappa shape index (κ2) is 4.93. The first-order chi connectivity index (χ1) is 9.24. The molecule has 0 aliphatic carbocycles. The van der Waals surface area contributed by atoms with E-state index >= 15 is 0 Å². The first-order valence-electron chi connectivity index (χ1n) is 5.80. The highest BCUT2D eigenvalue weighted by molar-refractivity contribution is 9.10. The van der Waals surface area contributed by atoms with E-state index in [1.165, 1.54) is 0 Å². The van der Waals surface area contributed by atoms with Crippen molar-refractivity contribution in [2.45, 2.75) is 0 Å². The van der Waals surface area contributed by atoms with Gasteiger partial charge in [-0.15, -0.1) is 0 Å². The van der Waals surface area contributed by atoms with Gasteiger partial charge >= 0.3 is 0 Å². The van der Waals surface area contributed by atoms with Crippen molar-refractivity contribution in [2.75, 3.05) is 0 Å². The van der Waals surface area contributed by atoms with Crippen molar-refractivity contribution < 1.29 is 0 Å². The Bertz CT molecular complexity index is 703. The van der Waals surface area contributed by atoms with E-state index in [0.29, 0.717) is 5.82 Å². The molecule has 0 saturated heterocycles. The molecule has 0 unspecified atom stereocenters. The lowest BCUT2D eigenvalue weighted by Gasteiger charge is -2.06. The van der Waals surface area contributed by atoms with Crippen LogP contribution in [-0.2, 0) is 7.05 Å². The summed E-state index contributed by atoms with van der Waals surface area (Å²) in [6.45, 7) is 0. The van der Waals surface area contributed by atoms with Crippen LogP contribution in [0.4, 0.5) is 0 Å². The van der Waals surface area contributed by atoms with Crippen molar-refractivity contribution in [3.63, 3.8) is 0 Å². The number of aromatic nitrogens is 4. The van der Waals surface area contributed by atoms with Gasteiger partial charge in [0.05, 0.1) is 10.7 Å². The molecule has 2 heterocycles. The molecule has 3 rings (SSSR count). The Hall–Kier alpha value is -2.01. The van der Waals surface area contributed by atoms with Crippen LogP contribution in [0.5, 0.6) is 0 Å². The monoisotopic (exact) mass is 314 g/mol. The average Bonchev–Trinajstić information content (AvgIpc) is 2.86. The molecule has 3 aromatic rings. The Balaban J connectivity index is 2.14. The normalized spacial score (nSPS) is 10.6. The second-order valence-corrected chi connectivity index (χ2v) is 5.09. The van der Waals surface area contributed by atoms with E-state index in [9.17, 15) is 0 Å². The zero-order chi connectivity index (χ0) is 13.2. The molecular formula is C14H11BrN4. The van der Waals surface area contributed by atoms with Gasteiger partial charge in [-0.1, -0.05) is 24.3 Å². The number of hydrogen-bond donors (Lipinski definition) is 0. The van der Waals surface area contributed by atoms with Gasteiger partial charge in [0, 0.05) is 36.8 Å². The molecular weight excluding hydrogens is 304 g/mol. The summed E-state index contributed by atoms with van der Waals surface area (Å²) >= 11 is 3.35. The van der Waals surface area contributed by atoms with E-state index in [-0.39, 0.29) is 0 Å². The van der Waals surface area contributed by atoms with E-state index in [2.05, 4.69) is 37.1 Å². The minimum atomic E-state index is 0.711. The van der Waals surface area contributed by atoms with Crippen LogP contribution in [0.25, 0.3) is 22.5 Å². The van der Waals surface area contributed by atoms with Crippen LogP contribution >= 0.6 is 15.9 Å². The van der Waals surface area contributed by atoms with Crippen molar-refractivity contribution in [3.05, 3.63) is 53.5 Å². The van der Waals surface area contributed by atoms with Crippen molar-refractivity contribution in [1.29, 1.82) is 0 Å². The van der Waals surface area contributed by atoms with Crippen molar-refractivity contribution >= 4 is 15.9 Å². The fraction of sp³-hybridized carbons (Fsp3) is 0.0714. The summed E-state index contributed by atoms with van der Waals surface area (Å²) in [6.07, 6.45) is 7.33. The Morgan fingerprint density at radius 1 is 1.00 bits per heavy atom. The predicted molar refractivity (Wildman–Crippen MR) is 77.4 cm³/mol. The molecule has 0 radical (unpaired) electrons. The summed E-state index contributed by atoms with van der Waals surface area (Å²) in [4.78, 5) is 8.71. The molecule has 0 amide bonds. The van der Waals surface area contributed by atoms with Crippen molar-refractivity contribution in [2.24, 2.45) is 7.05 Å². The number of benzene rings is 1. The molecule has 0 fully saturated rings. The summed E-state index contributed by atoms with van der Waals surface area (Å²) in [5, 5.41) is 4.21. The van der Waals surface area contributed by atoms with E-state index < -0.39 is 0 Å². The zero-order valence-corrected chi connectivity index (χ0v) is 11.9. The quantitative estimate of drug-likeness (QED) is 0.729. The van der Waals surface area contributed by atoms with Crippen molar-refractivity contribution in [3.8, 4) is 22.5 Å². The lowest BCUT2D eigenvalue weighted by atomic mass is 10.0. The van der Waals surface area contributed by atoms with Crippen LogP contribution in [-0.4, -0.2) is 19.7 Å². The smallest absolute Gasteiger partial charge is 0.159 e. The summed E-state index contributed by atoms with van der Waals surface area (Å²) in [6, 6.07) is 8.06. The Morgan fingerprint density at radius 2 is 1.68 bits per heavy atom. The first kappa shape index (κ1) is 12.0. The zero-order valence-electron chi connectivity index (χ0n) is 10.3. The fourth-order valence-corrected chi connectivity index (χ4v) is 2.15. The Labute approximate surface area is 119 Å². The number of nitrogens with zero attached hydrogens (tertiary/aromatic N) is 4. The van der Waals surface area contributed by atoms with Gasteiger partial charge < -0.3 is 0 Å². The second-order valence-electron chi connectivity index (χ2n) is 4.17. The maximum atomic E-state index is 4.36. The maximum Gasteiger partial charge on any atom is 0.159 e. The number of aryl methyl sites for hydroxylation is 1. The summed E-state index contributed by atoms with van der Waals surface area (Å²) < 4.78 is 2.66. The van der Waals surface area contributed by atoms with E-state index in [1.807, 2.05) is 37.6 Å². The molecule has 0 atom stereocenters. The Morgan fingerprint density at radius 3 is 2.32 bits per heavy atom. The summed E-state index contributed by atoms with van der Waals surface area (Å²) in [7, 11) is 1.91. The number of halogens is 1. The minimum absolute atomic E-state index is 0.711. The molecule has 0 saturated carbocycles. The number of rotatable bonds is 2. The molecule has 0 aliphatic rings. The SMILES string of the molecule is Cn1cc(-c2ccccc2-c2ncc(Br)cn2)cn1. The van der Waals surface area contributed by atoms with Crippen LogP contribution in [0.1, 0.15) is 0 Å². The highest BCUT2D eigenvalue weighted by atomic mass is 79.9. The first-order valence-corrected chi connectivity index (χ1v) is 6.59. The average molecular weight is 315 g/mol. The molecule has 0 aliphatic heterocycles. The van der Waals surface area contributed by atoms with Crippen LogP contribution in [0.15, 0.2) is 53.5 Å². The van der Waals surface area contributed by atoms with Gasteiger partial charge in [0.15, 0.2) is 5.82 Å². The van der Waals surface area contributed by atoms with E-state index in [0.717, 1.165) is 21.2 Å². The lowest BCUT2D eigenvalue weighted by molar-refractivity contribution is 0.768. The van der Waals surface area contributed by atoms with Crippen LogP contribution in [0.2, 0.25) is 0 Å². The van der Waals surface area contributed by atoms with Gasteiger partial charge in [-0.25, -0.2) is 9.97 Å². The van der Waals surface area contributed by atoms with Crippen LogP contribution in [0, 0.1) is 0 Å². The van der Waals surface area contributed by atoms with Gasteiger partial charge in [0.25, 0.3) is 0 Å². The third-order valence-electron chi connectivity index (χ3n) is 2.80. The molecule has 2 aromatic heterocycles. The van der Waals surface area contributed by atoms with Gasteiger partial charge in [-0.2, -0.15) is 5.10 Å². The van der Waals surface area contributed by atoms with Gasteiger partial charge in [-0.3, -0.25) is 4.68 Å². The largest absolute Gasteiger partial charge is 0.275 e. The molecule has 0 N–H and O–H groups in total. The molecule has 19 heavy (non-hydrogen) atoms. The molecule has 0 bridgehead atoms. The fourth-order valence-electron chi connectivity index (χ4n) is 1.94. The van der Waals surface area contributed by atoms with Crippen molar-refractivity contribution in [1.82, 2.24) is 19.7 Å².